The lowest BCUT2D eigenvalue weighted by Gasteiger charge is -2.19. The Hall–Kier alpha value is -3.32. The second-order valence-electron chi connectivity index (χ2n) is 6.39. The molecule has 3 aromatic rings. The third kappa shape index (κ3) is 2.63. The molecule has 0 radical (unpaired) electrons. The van der Waals surface area contributed by atoms with E-state index in [0.717, 1.165) is 45.6 Å². The molecule has 0 bridgehead atoms. The maximum absolute atomic E-state index is 11.1. The van der Waals surface area contributed by atoms with Gasteiger partial charge in [-0.1, -0.05) is 34.2 Å². The van der Waals surface area contributed by atoms with Gasteiger partial charge in [-0.3, -0.25) is 10.1 Å². The van der Waals surface area contributed by atoms with Crippen molar-refractivity contribution in [2.75, 3.05) is 0 Å². The molecule has 5 rings (SSSR count). The predicted molar refractivity (Wildman–Crippen MR) is 102 cm³/mol. The Morgan fingerprint density at radius 1 is 1.11 bits per heavy atom. The first-order valence-electron chi connectivity index (χ1n) is 8.56. The number of thiophene rings is 1. The van der Waals surface area contributed by atoms with Crippen LogP contribution in [0.5, 0.6) is 5.75 Å². The van der Waals surface area contributed by atoms with Crippen molar-refractivity contribution in [2.45, 2.75) is 12.5 Å². The van der Waals surface area contributed by atoms with E-state index in [4.69, 9.17) is 4.74 Å². The maximum Gasteiger partial charge on any atom is 0.414 e. The minimum Gasteiger partial charge on any atom is -0.402 e. The molecule has 0 spiro atoms. The molecule has 0 amide bonds. The Morgan fingerprint density at radius 2 is 1.89 bits per heavy atom. The van der Waals surface area contributed by atoms with Crippen LogP contribution in [0, 0.1) is 16.2 Å². The van der Waals surface area contributed by atoms with Crippen molar-refractivity contribution in [3.8, 4) is 5.75 Å². The van der Waals surface area contributed by atoms with Crippen molar-refractivity contribution < 1.29 is 14.3 Å². The van der Waals surface area contributed by atoms with Crippen LogP contribution in [0.3, 0.4) is 0 Å². The fourth-order valence-electron chi connectivity index (χ4n) is 3.53. The summed E-state index contributed by atoms with van der Waals surface area (Å²) in [5.74, 6) is 1.39. The zero-order chi connectivity index (χ0) is 18.4. The van der Waals surface area contributed by atoms with Crippen molar-refractivity contribution >= 4 is 22.2 Å². The minimum absolute atomic E-state index is 0.0707. The fraction of sp³-hybridized carbons (Fsp3) is 0.100. The highest BCUT2D eigenvalue weighted by Crippen LogP contribution is 2.42. The molecule has 6 nitrogen and oxygen atoms in total. The summed E-state index contributed by atoms with van der Waals surface area (Å²) in [6.45, 7) is 0. The van der Waals surface area contributed by atoms with Crippen LogP contribution in [0.15, 0.2) is 66.7 Å². The van der Waals surface area contributed by atoms with Gasteiger partial charge in [0.2, 0.25) is 6.04 Å². The summed E-state index contributed by atoms with van der Waals surface area (Å²) < 4.78 is 8.15. The van der Waals surface area contributed by atoms with Gasteiger partial charge in [0.1, 0.15) is 10.6 Å². The van der Waals surface area contributed by atoms with E-state index in [0.29, 0.717) is 5.90 Å². The lowest BCUT2D eigenvalue weighted by atomic mass is 9.96. The van der Waals surface area contributed by atoms with Gasteiger partial charge in [-0.15, -0.1) is 12.1 Å². The SMILES string of the molecule is O=[N+]([O-])c1ccc(C2=[N+]3N[C-](c4ccccc4)CC3c3ccccc3O2)s1. The molecule has 0 saturated carbocycles. The second-order valence-corrected chi connectivity index (χ2v) is 7.45. The molecule has 7 heteroatoms. The lowest BCUT2D eigenvalue weighted by Crippen LogP contribution is -2.37. The summed E-state index contributed by atoms with van der Waals surface area (Å²) in [5.41, 5.74) is 5.69. The van der Waals surface area contributed by atoms with Gasteiger partial charge < -0.3 is 4.74 Å². The number of rotatable bonds is 3. The molecule has 1 saturated heterocycles. The number of hydrazine groups is 1. The van der Waals surface area contributed by atoms with Crippen LogP contribution >= 0.6 is 11.3 Å². The minimum atomic E-state index is -0.373. The number of ether oxygens (including phenoxy) is 1. The van der Waals surface area contributed by atoms with Crippen molar-refractivity contribution in [1.82, 2.24) is 5.43 Å². The Balaban J connectivity index is 1.61. The number of benzene rings is 2. The molecule has 134 valence electrons. The van der Waals surface area contributed by atoms with Crippen molar-refractivity contribution in [1.29, 1.82) is 0 Å². The Bertz CT molecular complexity index is 1060. The van der Waals surface area contributed by atoms with E-state index in [-0.39, 0.29) is 16.0 Å². The molecule has 1 unspecified atom stereocenters. The van der Waals surface area contributed by atoms with Gasteiger partial charge in [0.05, 0.1) is 10.5 Å². The number of para-hydroxylation sites is 1. The van der Waals surface area contributed by atoms with Crippen LogP contribution in [0.1, 0.15) is 28.5 Å². The first-order valence-corrected chi connectivity index (χ1v) is 9.38. The number of fused-ring (bicyclic) bond motifs is 3. The lowest BCUT2D eigenvalue weighted by molar-refractivity contribution is -0.611. The predicted octanol–water partition coefficient (Wildman–Crippen LogP) is 4.04. The van der Waals surface area contributed by atoms with E-state index in [1.807, 2.05) is 41.1 Å². The molecular weight excluding hydrogens is 362 g/mol. The van der Waals surface area contributed by atoms with Gasteiger partial charge >= 0.3 is 10.9 Å². The Labute approximate surface area is 159 Å². The van der Waals surface area contributed by atoms with Crippen LogP contribution in [-0.2, 0) is 0 Å². The van der Waals surface area contributed by atoms with E-state index in [1.165, 1.54) is 6.07 Å². The van der Waals surface area contributed by atoms with Crippen LogP contribution in [0.2, 0.25) is 0 Å². The fourth-order valence-corrected chi connectivity index (χ4v) is 4.33. The van der Waals surface area contributed by atoms with E-state index in [2.05, 4.69) is 23.6 Å². The molecule has 3 heterocycles. The third-order valence-corrected chi connectivity index (χ3v) is 5.80. The molecule has 0 aliphatic carbocycles. The van der Waals surface area contributed by atoms with Gasteiger partial charge in [0.25, 0.3) is 0 Å². The number of hydrogen-bond acceptors (Lipinski definition) is 5. The highest BCUT2D eigenvalue weighted by molar-refractivity contribution is 7.17. The molecule has 1 aromatic heterocycles. The second kappa shape index (κ2) is 6.14. The van der Waals surface area contributed by atoms with Gasteiger partial charge in [0.15, 0.2) is 0 Å². The molecule has 2 aliphatic rings. The van der Waals surface area contributed by atoms with E-state index < -0.39 is 0 Å². The van der Waals surface area contributed by atoms with Crippen molar-refractivity contribution in [3.05, 3.63) is 98.9 Å². The monoisotopic (exact) mass is 377 g/mol. The smallest absolute Gasteiger partial charge is 0.402 e. The average Bonchev–Trinajstić information content (AvgIpc) is 3.36. The summed E-state index contributed by atoms with van der Waals surface area (Å²) >= 11 is 1.12. The van der Waals surface area contributed by atoms with Crippen LogP contribution in [-0.4, -0.2) is 15.5 Å². The van der Waals surface area contributed by atoms with Gasteiger partial charge in [-0.25, -0.2) is 5.43 Å². The molecule has 2 aromatic carbocycles. The first kappa shape index (κ1) is 15.9. The zero-order valence-corrected chi connectivity index (χ0v) is 15.0. The normalized spacial score (nSPS) is 17.8. The van der Waals surface area contributed by atoms with Gasteiger partial charge in [0, 0.05) is 12.5 Å². The van der Waals surface area contributed by atoms with E-state index in [1.54, 1.807) is 6.07 Å². The maximum atomic E-state index is 11.1. The highest BCUT2D eigenvalue weighted by atomic mass is 32.1. The van der Waals surface area contributed by atoms with Crippen LogP contribution in [0.4, 0.5) is 5.00 Å². The highest BCUT2D eigenvalue weighted by Gasteiger charge is 2.44. The molecule has 1 fully saturated rings. The topological polar surface area (TPSA) is 67.4 Å². The van der Waals surface area contributed by atoms with Crippen LogP contribution in [0.25, 0.3) is 0 Å². The quantitative estimate of drug-likeness (QED) is 0.324. The Morgan fingerprint density at radius 3 is 2.67 bits per heavy atom. The third-order valence-electron chi connectivity index (χ3n) is 4.77. The standard InChI is InChI=1S/C20H15N3O3S/c24-23(25)19-11-10-18(27-19)20-22-16(14-8-4-5-9-17(14)26-20)12-15(21-22)13-6-2-1-3-7-13/h1-11,16,21H,12H2. The molecule has 27 heavy (non-hydrogen) atoms. The number of nitro groups is 1. The summed E-state index contributed by atoms with van der Waals surface area (Å²) in [4.78, 5) is 11.4. The first-order chi connectivity index (χ1) is 13.2. The van der Waals surface area contributed by atoms with Crippen molar-refractivity contribution in [2.24, 2.45) is 0 Å². The number of hydrogen-bond donors (Lipinski definition) is 1. The molecule has 2 aliphatic heterocycles. The van der Waals surface area contributed by atoms with Crippen LogP contribution < -0.4 is 10.2 Å². The van der Waals surface area contributed by atoms with Gasteiger partial charge in [-0.05, 0) is 24.2 Å². The number of hydrazone groups is 1. The zero-order valence-electron chi connectivity index (χ0n) is 14.2. The van der Waals surface area contributed by atoms with Crippen molar-refractivity contribution in [3.63, 3.8) is 0 Å². The van der Waals surface area contributed by atoms with E-state index in [9.17, 15) is 10.1 Å². The summed E-state index contributed by atoms with van der Waals surface area (Å²) in [6, 6.07) is 22.5. The molecule has 1 atom stereocenters. The average molecular weight is 377 g/mol. The Kier molecular flexibility index (Phi) is 3.61. The summed E-state index contributed by atoms with van der Waals surface area (Å²) in [7, 11) is 0. The van der Waals surface area contributed by atoms with E-state index >= 15 is 0 Å². The van der Waals surface area contributed by atoms with Gasteiger partial charge in [-0.2, -0.15) is 17.7 Å². The molecule has 1 N–H and O–H groups in total. The number of nitrogens with zero attached hydrogens (tertiary/aromatic N) is 2. The summed E-state index contributed by atoms with van der Waals surface area (Å²) in [6.07, 6.45) is 0.807. The summed E-state index contributed by atoms with van der Waals surface area (Å²) in [5, 5.41) is 11.2. The number of nitrogens with one attached hydrogen (secondary N) is 1. The molecular formula is C20H15N3O3S. The largest absolute Gasteiger partial charge is 0.414 e.